The van der Waals surface area contributed by atoms with E-state index in [1.165, 1.54) is 6.42 Å². The number of rotatable bonds is 2. The number of nitrogens with zero attached hydrogens (tertiary/aromatic N) is 3. The Kier molecular flexibility index (Phi) is 4.54. The van der Waals surface area contributed by atoms with Crippen molar-refractivity contribution < 1.29 is 14.3 Å². The molecule has 1 amide bonds. The minimum atomic E-state index is -0.271. The molecule has 0 radical (unpaired) electrons. The standard InChI is InChI=1S/C21H21ClN4O3/c1-12-9-13(19-20(23-12)26-6-4-2-3-5-18(26)25-19)21(27)24-15-11-17-16(10-14(15)22)28-7-8-29-17/h9-11H,2-8H2,1H3,(H,24,27). The largest absolute Gasteiger partial charge is 0.486 e. The fraction of sp³-hybridized carbons (Fsp3) is 0.381. The number of hydrogen-bond donors (Lipinski definition) is 1. The van der Waals surface area contributed by atoms with Crippen LogP contribution >= 0.6 is 11.6 Å². The highest BCUT2D eigenvalue weighted by atomic mass is 35.5. The zero-order chi connectivity index (χ0) is 20.0. The van der Waals surface area contributed by atoms with Crippen LogP contribution in [0.3, 0.4) is 0 Å². The number of anilines is 1. The van der Waals surface area contributed by atoms with Crippen molar-refractivity contribution in [3.05, 3.63) is 40.3 Å². The van der Waals surface area contributed by atoms with Crippen molar-refractivity contribution >= 4 is 34.4 Å². The summed E-state index contributed by atoms with van der Waals surface area (Å²) in [6, 6.07) is 5.14. The molecular formula is C21H21ClN4O3. The zero-order valence-corrected chi connectivity index (χ0v) is 16.9. The van der Waals surface area contributed by atoms with Crippen LogP contribution in [0.15, 0.2) is 18.2 Å². The number of imidazole rings is 1. The number of amides is 1. The van der Waals surface area contributed by atoms with Crippen molar-refractivity contribution in [2.75, 3.05) is 18.5 Å². The van der Waals surface area contributed by atoms with Crippen LogP contribution in [0.1, 0.15) is 41.1 Å². The molecular weight excluding hydrogens is 392 g/mol. The quantitative estimate of drug-likeness (QED) is 0.684. The molecule has 0 spiro atoms. The molecule has 0 saturated carbocycles. The molecule has 0 atom stereocenters. The summed E-state index contributed by atoms with van der Waals surface area (Å²) in [5, 5.41) is 3.30. The molecule has 0 unspecified atom stereocenters. The second-order valence-corrected chi connectivity index (χ2v) is 7.81. The minimum absolute atomic E-state index is 0.271. The Bertz CT molecular complexity index is 1130. The third-order valence-corrected chi connectivity index (χ3v) is 5.63. The molecule has 150 valence electrons. The number of hydrogen-bond acceptors (Lipinski definition) is 5. The first-order valence-electron chi connectivity index (χ1n) is 9.87. The maximum atomic E-state index is 13.2. The average molecular weight is 413 g/mol. The second kappa shape index (κ2) is 7.22. The van der Waals surface area contributed by atoms with Gasteiger partial charge in [-0.1, -0.05) is 18.0 Å². The van der Waals surface area contributed by atoms with Crippen LogP contribution in [0.5, 0.6) is 11.5 Å². The van der Waals surface area contributed by atoms with Gasteiger partial charge in [0.15, 0.2) is 17.1 Å². The number of benzene rings is 1. The fourth-order valence-electron chi connectivity index (χ4n) is 3.94. The van der Waals surface area contributed by atoms with Gasteiger partial charge >= 0.3 is 0 Å². The molecule has 0 bridgehead atoms. The zero-order valence-electron chi connectivity index (χ0n) is 16.1. The number of ether oxygens (including phenoxy) is 2. The molecule has 4 heterocycles. The second-order valence-electron chi connectivity index (χ2n) is 7.40. The van der Waals surface area contributed by atoms with E-state index in [0.29, 0.717) is 46.5 Å². The van der Waals surface area contributed by atoms with E-state index in [-0.39, 0.29) is 5.91 Å². The first-order chi connectivity index (χ1) is 14.1. The fourth-order valence-corrected chi connectivity index (χ4v) is 4.14. The number of carbonyl (C=O) groups is 1. The van der Waals surface area contributed by atoms with Gasteiger partial charge in [0.1, 0.15) is 24.6 Å². The van der Waals surface area contributed by atoms with Crippen LogP contribution in [0.2, 0.25) is 5.02 Å². The van der Waals surface area contributed by atoms with Crippen molar-refractivity contribution in [3.8, 4) is 11.5 Å². The number of aromatic nitrogens is 3. The number of aryl methyl sites for hydroxylation is 3. The van der Waals surface area contributed by atoms with Gasteiger partial charge in [0.05, 0.1) is 16.3 Å². The average Bonchev–Trinajstić information content (AvgIpc) is 2.89. The summed E-state index contributed by atoms with van der Waals surface area (Å²) in [5.74, 6) is 1.88. The van der Waals surface area contributed by atoms with Crippen molar-refractivity contribution in [3.63, 3.8) is 0 Å². The Morgan fingerprint density at radius 2 is 1.90 bits per heavy atom. The van der Waals surface area contributed by atoms with E-state index >= 15 is 0 Å². The Hall–Kier alpha value is -2.80. The Balaban J connectivity index is 1.53. The lowest BCUT2D eigenvalue weighted by molar-refractivity contribution is 0.102. The monoisotopic (exact) mass is 412 g/mol. The number of nitrogens with one attached hydrogen (secondary N) is 1. The van der Waals surface area contributed by atoms with Crippen molar-refractivity contribution in [1.82, 2.24) is 14.5 Å². The van der Waals surface area contributed by atoms with Gasteiger partial charge in [0.2, 0.25) is 0 Å². The normalized spacial score (nSPS) is 15.7. The molecule has 29 heavy (non-hydrogen) atoms. The molecule has 8 heteroatoms. The van der Waals surface area contributed by atoms with Crippen LogP contribution in [-0.4, -0.2) is 33.7 Å². The molecule has 7 nitrogen and oxygen atoms in total. The van der Waals surface area contributed by atoms with Gasteiger partial charge in [-0.15, -0.1) is 0 Å². The highest BCUT2D eigenvalue weighted by Gasteiger charge is 2.22. The number of pyridine rings is 1. The van der Waals surface area contributed by atoms with Gasteiger partial charge in [0.25, 0.3) is 5.91 Å². The maximum absolute atomic E-state index is 13.2. The first kappa shape index (κ1) is 18.2. The van der Waals surface area contributed by atoms with Crippen LogP contribution in [0.4, 0.5) is 5.69 Å². The molecule has 0 fully saturated rings. The van der Waals surface area contributed by atoms with E-state index in [1.54, 1.807) is 18.2 Å². The van der Waals surface area contributed by atoms with Gasteiger partial charge < -0.3 is 19.4 Å². The van der Waals surface area contributed by atoms with Crippen molar-refractivity contribution in [2.45, 2.75) is 39.2 Å². The van der Waals surface area contributed by atoms with Crippen LogP contribution < -0.4 is 14.8 Å². The van der Waals surface area contributed by atoms with Gasteiger partial charge in [-0.2, -0.15) is 0 Å². The molecule has 3 aromatic rings. The van der Waals surface area contributed by atoms with E-state index < -0.39 is 0 Å². The first-order valence-corrected chi connectivity index (χ1v) is 10.3. The Labute approximate surface area is 173 Å². The molecule has 2 aliphatic rings. The Morgan fingerprint density at radius 1 is 1.10 bits per heavy atom. The van der Waals surface area contributed by atoms with Gasteiger partial charge in [-0.3, -0.25) is 4.79 Å². The van der Waals surface area contributed by atoms with E-state index in [9.17, 15) is 4.79 Å². The topological polar surface area (TPSA) is 78.3 Å². The van der Waals surface area contributed by atoms with E-state index in [1.807, 2.05) is 6.92 Å². The van der Waals surface area contributed by atoms with E-state index in [4.69, 9.17) is 26.1 Å². The summed E-state index contributed by atoms with van der Waals surface area (Å²) in [4.78, 5) is 22.6. The summed E-state index contributed by atoms with van der Waals surface area (Å²) in [7, 11) is 0. The van der Waals surface area contributed by atoms with E-state index in [2.05, 4.69) is 14.9 Å². The summed E-state index contributed by atoms with van der Waals surface area (Å²) < 4.78 is 13.3. The predicted molar refractivity (Wildman–Crippen MR) is 110 cm³/mol. The molecule has 1 N–H and O–H groups in total. The number of halogens is 1. The lowest BCUT2D eigenvalue weighted by atomic mass is 10.1. The predicted octanol–water partition coefficient (Wildman–Crippen LogP) is 4.14. The van der Waals surface area contributed by atoms with Gasteiger partial charge in [-0.05, 0) is 25.8 Å². The van der Waals surface area contributed by atoms with Gasteiger partial charge in [0, 0.05) is 30.8 Å². The molecule has 2 aliphatic heterocycles. The summed E-state index contributed by atoms with van der Waals surface area (Å²) in [6.07, 6.45) is 4.30. The van der Waals surface area contributed by atoms with E-state index in [0.717, 1.165) is 43.0 Å². The highest BCUT2D eigenvalue weighted by molar-refractivity contribution is 6.34. The summed E-state index contributed by atoms with van der Waals surface area (Å²) in [5.41, 5.74) is 3.17. The SMILES string of the molecule is Cc1cc(C(=O)Nc2cc3c(cc2Cl)OCCO3)c2nc3n(c2n1)CCCCC3. The van der Waals surface area contributed by atoms with Crippen LogP contribution in [0.25, 0.3) is 11.2 Å². The lowest BCUT2D eigenvalue weighted by Gasteiger charge is -2.20. The highest BCUT2D eigenvalue weighted by Crippen LogP contribution is 2.38. The number of carbonyl (C=O) groups excluding carboxylic acids is 1. The van der Waals surface area contributed by atoms with Crippen molar-refractivity contribution in [2.24, 2.45) is 0 Å². The summed E-state index contributed by atoms with van der Waals surface area (Å²) >= 11 is 6.36. The number of fused-ring (bicyclic) bond motifs is 4. The smallest absolute Gasteiger partial charge is 0.258 e. The molecule has 0 saturated heterocycles. The summed E-state index contributed by atoms with van der Waals surface area (Å²) in [6.45, 7) is 3.72. The minimum Gasteiger partial charge on any atom is -0.486 e. The molecule has 5 rings (SSSR count). The Morgan fingerprint density at radius 3 is 2.72 bits per heavy atom. The van der Waals surface area contributed by atoms with Crippen LogP contribution in [-0.2, 0) is 13.0 Å². The lowest BCUT2D eigenvalue weighted by Crippen LogP contribution is -2.17. The molecule has 0 aliphatic carbocycles. The molecule has 2 aromatic heterocycles. The van der Waals surface area contributed by atoms with Gasteiger partial charge in [-0.25, -0.2) is 9.97 Å². The molecule has 1 aromatic carbocycles. The van der Waals surface area contributed by atoms with Crippen molar-refractivity contribution in [1.29, 1.82) is 0 Å². The third-order valence-electron chi connectivity index (χ3n) is 5.32. The van der Waals surface area contributed by atoms with Crippen LogP contribution in [0, 0.1) is 6.92 Å². The maximum Gasteiger partial charge on any atom is 0.258 e. The third kappa shape index (κ3) is 3.29.